The van der Waals surface area contributed by atoms with Gasteiger partial charge in [-0.15, -0.1) is 0 Å². The predicted molar refractivity (Wildman–Crippen MR) is 89.9 cm³/mol. The van der Waals surface area contributed by atoms with Gasteiger partial charge < -0.3 is 10.1 Å². The van der Waals surface area contributed by atoms with Crippen molar-refractivity contribution in [1.82, 2.24) is 4.98 Å². The molecule has 1 aromatic carbocycles. The summed E-state index contributed by atoms with van der Waals surface area (Å²) in [5.41, 5.74) is 1.62. The summed E-state index contributed by atoms with van der Waals surface area (Å²) in [5.74, 6) is 0.587. The number of benzene rings is 1. The molecule has 0 saturated carbocycles. The number of hydrogen-bond acceptors (Lipinski definition) is 5. The Balaban J connectivity index is 2.22. The molecule has 6 nitrogen and oxygen atoms in total. The topological polar surface area (TPSA) is 77.3 Å². The van der Waals surface area contributed by atoms with Gasteiger partial charge in [0, 0.05) is 24.3 Å². The maximum atomic E-state index is 10.9. The Morgan fingerprint density at radius 2 is 2.09 bits per heavy atom. The van der Waals surface area contributed by atoms with E-state index in [-0.39, 0.29) is 11.7 Å². The number of halogens is 1. The number of aryl methyl sites for hydroxylation is 1. The second kappa shape index (κ2) is 7.89. The average Bonchev–Trinajstić information content (AvgIpc) is 2.52. The van der Waals surface area contributed by atoms with Crippen molar-refractivity contribution in [2.45, 2.75) is 19.4 Å². The third-order valence-electron chi connectivity index (χ3n) is 3.49. The van der Waals surface area contributed by atoms with E-state index in [9.17, 15) is 10.1 Å². The van der Waals surface area contributed by atoms with E-state index in [2.05, 4.69) is 10.3 Å². The number of rotatable bonds is 7. The Hall–Kier alpha value is -2.18. The highest BCUT2D eigenvalue weighted by Gasteiger charge is 2.15. The molecule has 0 radical (unpaired) electrons. The lowest BCUT2D eigenvalue weighted by molar-refractivity contribution is -0.385. The number of pyridine rings is 1. The van der Waals surface area contributed by atoms with Crippen LogP contribution in [0.3, 0.4) is 0 Å². The SMILES string of the molecule is COCCC(Nc1cc(C)c([N+](=O)[O-])cn1)c1ccc(Cl)cc1. The summed E-state index contributed by atoms with van der Waals surface area (Å²) in [4.78, 5) is 14.6. The Bertz CT molecular complexity index is 677. The summed E-state index contributed by atoms with van der Waals surface area (Å²) in [6.45, 7) is 2.27. The zero-order valence-corrected chi connectivity index (χ0v) is 13.7. The molecular formula is C16H18ClN3O3. The van der Waals surface area contributed by atoms with Gasteiger partial charge in [0.15, 0.2) is 0 Å². The summed E-state index contributed by atoms with van der Waals surface area (Å²) in [6.07, 6.45) is 2.00. The third kappa shape index (κ3) is 4.64. The maximum absolute atomic E-state index is 10.9. The molecule has 122 valence electrons. The molecule has 1 unspecified atom stereocenters. The van der Waals surface area contributed by atoms with Crippen LogP contribution in [-0.2, 0) is 4.74 Å². The first kappa shape index (κ1) is 17.2. The third-order valence-corrected chi connectivity index (χ3v) is 3.74. The van der Waals surface area contributed by atoms with E-state index in [1.165, 1.54) is 6.20 Å². The van der Waals surface area contributed by atoms with Crippen molar-refractivity contribution >= 4 is 23.1 Å². The van der Waals surface area contributed by atoms with Crippen LogP contribution in [0.15, 0.2) is 36.5 Å². The Morgan fingerprint density at radius 1 is 1.39 bits per heavy atom. The van der Waals surface area contributed by atoms with Crippen LogP contribution in [-0.4, -0.2) is 23.6 Å². The molecule has 1 atom stereocenters. The van der Waals surface area contributed by atoms with Gasteiger partial charge in [-0.3, -0.25) is 10.1 Å². The maximum Gasteiger partial charge on any atom is 0.290 e. The van der Waals surface area contributed by atoms with Crippen molar-refractivity contribution in [1.29, 1.82) is 0 Å². The zero-order chi connectivity index (χ0) is 16.8. The smallest absolute Gasteiger partial charge is 0.290 e. The minimum absolute atomic E-state index is 0.00971. The van der Waals surface area contributed by atoms with Crippen LogP contribution in [0.4, 0.5) is 11.5 Å². The first-order valence-corrected chi connectivity index (χ1v) is 7.51. The second-order valence-corrected chi connectivity index (χ2v) is 5.58. The first-order chi connectivity index (χ1) is 11.0. The van der Waals surface area contributed by atoms with Crippen LogP contribution in [0.2, 0.25) is 5.02 Å². The molecule has 0 aliphatic heterocycles. The highest BCUT2D eigenvalue weighted by molar-refractivity contribution is 6.30. The number of methoxy groups -OCH3 is 1. The van der Waals surface area contributed by atoms with Gasteiger partial charge >= 0.3 is 0 Å². The average molecular weight is 336 g/mol. The van der Waals surface area contributed by atoms with Gasteiger partial charge in [-0.2, -0.15) is 0 Å². The van der Waals surface area contributed by atoms with E-state index in [0.29, 0.717) is 23.0 Å². The first-order valence-electron chi connectivity index (χ1n) is 7.13. The molecule has 0 fully saturated rings. The van der Waals surface area contributed by atoms with Crippen LogP contribution in [0.5, 0.6) is 0 Å². The number of anilines is 1. The normalized spacial score (nSPS) is 12.0. The standard InChI is InChI=1S/C16H18ClN3O3/c1-11-9-16(18-10-15(11)20(21)22)19-14(7-8-23-2)12-3-5-13(17)6-4-12/h3-6,9-10,14H,7-8H2,1-2H3,(H,18,19). The van der Waals surface area contributed by atoms with Gasteiger partial charge in [0.1, 0.15) is 12.0 Å². The van der Waals surface area contributed by atoms with E-state index < -0.39 is 4.92 Å². The lowest BCUT2D eigenvalue weighted by Gasteiger charge is -2.20. The Morgan fingerprint density at radius 3 is 2.65 bits per heavy atom. The predicted octanol–water partition coefficient (Wildman–Crippen LogP) is 4.14. The van der Waals surface area contributed by atoms with Gasteiger partial charge in [0.2, 0.25) is 0 Å². The van der Waals surface area contributed by atoms with Crippen molar-refractivity contribution < 1.29 is 9.66 Å². The number of nitro groups is 1. The van der Waals surface area contributed by atoms with Crippen molar-refractivity contribution in [3.05, 3.63) is 62.8 Å². The van der Waals surface area contributed by atoms with Crippen LogP contribution in [0, 0.1) is 17.0 Å². The fourth-order valence-electron chi connectivity index (χ4n) is 2.25. The fraction of sp³-hybridized carbons (Fsp3) is 0.312. The lowest BCUT2D eigenvalue weighted by atomic mass is 10.0. The van der Waals surface area contributed by atoms with E-state index in [1.807, 2.05) is 24.3 Å². The molecule has 23 heavy (non-hydrogen) atoms. The number of nitrogens with zero attached hydrogens (tertiary/aromatic N) is 2. The monoisotopic (exact) mass is 335 g/mol. The summed E-state index contributed by atoms with van der Waals surface area (Å²) in [6, 6.07) is 9.18. The lowest BCUT2D eigenvalue weighted by Crippen LogP contribution is -2.14. The number of hydrogen-bond donors (Lipinski definition) is 1. The summed E-state index contributed by atoms with van der Waals surface area (Å²) < 4.78 is 5.15. The quantitative estimate of drug-likeness (QED) is 0.607. The molecule has 0 bridgehead atoms. The van der Waals surface area contributed by atoms with Crippen LogP contribution in [0.1, 0.15) is 23.6 Å². The van der Waals surface area contributed by atoms with E-state index in [1.54, 1.807) is 20.1 Å². The van der Waals surface area contributed by atoms with Gasteiger partial charge in [0.05, 0.1) is 11.0 Å². The van der Waals surface area contributed by atoms with Crippen LogP contribution in [0.25, 0.3) is 0 Å². The molecule has 2 aromatic rings. The minimum Gasteiger partial charge on any atom is -0.385 e. The minimum atomic E-state index is -0.437. The molecule has 1 aromatic heterocycles. The molecule has 2 rings (SSSR count). The highest BCUT2D eigenvalue weighted by atomic mass is 35.5. The number of aromatic nitrogens is 1. The second-order valence-electron chi connectivity index (χ2n) is 5.14. The highest BCUT2D eigenvalue weighted by Crippen LogP contribution is 2.25. The zero-order valence-electron chi connectivity index (χ0n) is 13.0. The molecule has 0 spiro atoms. The van der Waals surface area contributed by atoms with E-state index in [4.69, 9.17) is 16.3 Å². The fourth-order valence-corrected chi connectivity index (χ4v) is 2.38. The Labute approximate surface area is 139 Å². The summed E-state index contributed by atoms with van der Waals surface area (Å²) in [7, 11) is 1.65. The summed E-state index contributed by atoms with van der Waals surface area (Å²) >= 11 is 5.93. The largest absolute Gasteiger partial charge is 0.385 e. The molecule has 1 N–H and O–H groups in total. The molecule has 7 heteroatoms. The molecule has 0 aliphatic rings. The molecular weight excluding hydrogens is 318 g/mol. The molecule has 1 heterocycles. The van der Waals surface area contributed by atoms with Gasteiger partial charge in [0.25, 0.3) is 5.69 Å². The van der Waals surface area contributed by atoms with Gasteiger partial charge in [-0.25, -0.2) is 4.98 Å². The van der Waals surface area contributed by atoms with Crippen LogP contribution < -0.4 is 5.32 Å². The van der Waals surface area contributed by atoms with E-state index >= 15 is 0 Å². The van der Waals surface area contributed by atoms with Crippen molar-refractivity contribution in [3.8, 4) is 0 Å². The van der Waals surface area contributed by atoms with Crippen LogP contribution >= 0.6 is 11.6 Å². The van der Waals surface area contributed by atoms with Gasteiger partial charge in [-0.1, -0.05) is 23.7 Å². The summed E-state index contributed by atoms with van der Waals surface area (Å²) in [5, 5.41) is 14.8. The number of nitrogens with one attached hydrogen (secondary N) is 1. The molecule has 0 saturated heterocycles. The van der Waals surface area contributed by atoms with Crippen molar-refractivity contribution in [2.24, 2.45) is 0 Å². The van der Waals surface area contributed by atoms with Crippen molar-refractivity contribution in [3.63, 3.8) is 0 Å². The van der Waals surface area contributed by atoms with Crippen molar-refractivity contribution in [2.75, 3.05) is 19.0 Å². The molecule has 0 aliphatic carbocycles. The van der Waals surface area contributed by atoms with Gasteiger partial charge in [-0.05, 0) is 37.1 Å². The van der Waals surface area contributed by atoms with E-state index in [0.717, 1.165) is 12.0 Å². The molecule has 0 amide bonds. The number of ether oxygens (including phenoxy) is 1. The Kier molecular flexibility index (Phi) is 5.90.